The number of rotatable bonds is 5. The summed E-state index contributed by atoms with van der Waals surface area (Å²) in [5.74, 6) is -1.04. The van der Waals surface area contributed by atoms with Crippen LogP contribution in [0.15, 0.2) is 18.5 Å². The highest BCUT2D eigenvalue weighted by Crippen LogP contribution is 2.23. The number of ether oxygens (including phenoxy) is 1. The van der Waals surface area contributed by atoms with E-state index in [1.807, 2.05) is 6.92 Å². The molecule has 0 atom stereocenters. The Kier molecular flexibility index (Phi) is 4.28. The largest absolute Gasteiger partial charge is 0.463 e. The fourth-order valence-corrected chi connectivity index (χ4v) is 2.35. The summed E-state index contributed by atoms with van der Waals surface area (Å²) in [6, 6.07) is 2.76. The van der Waals surface area contributed by atoms with Crippen molar-refractivity contribution in [1.29, 1.82) is 0 Å². The Bertz CT molecular complexity index is 894. The number of nitrogens with two attached hydrogens (primary N) is 1. The molecule has 0 aliphatic heterocycles. The number of nitrogens with zero attached hydrogens (tertiary/aromatic N) is 4. The minimum Gasteiger partial charge on any atom is -0.463 e. The van der Waals surface area contributed by atoms with E-state index in [4.69, 9.17) is 10.5 Å². The summed E-state index contributed by atoms with van der Waals surface area (Å²) >= 11 is 0. The molecule has 0 aliphatic carbocycles. The molecule has 126 valence electrons. The van der Waals surface area contributed by atoms with Crippen LogP contribution in [-0.2, 0) is 6.54 Å². The van der Waals surface area contributed by atoms with E-state index in [1.165, 1.54) is 23.0 Å². The molecule has 6 nitrogen and oxygen atoms in total. The number of imidazole rings is 1. The summed E-state index contributed by atoms with van der Waals surface area (Å²) in [4.78, 5) is 12.4. The van der Waals surface area contributed by atoms with Crippen molar-refractivity contribution >= 4 is 17.0 Å². The van der Waals surface area contributed by atoms with Gasteiger partial charge in [0.25, 0.3) is 0 Å². The second-order valence-corrected chi connectivity index (χ2v) is 5.44. The monoisotopic (exact) mass is 333 g/mol. The number of aryl methyl sites for hydroxylation is 1. The molecular formula is C16H17F2N5O. The van der Waals surface area contributed by atoms with Gasteiger partial charge in [-0.25, -0.2) is 13.8 Å². The van der Waals surface area contributed by atoms with Gasteiger partial charge in [0.05, 0.1) is 19.5 Å². The van der Waals surface area contributed by atoms with Crippen molar-refractivity contribution in [1.82, 2.24) is 19.5 Å². The molecule has 0 spiro atoms. The molecular weight excluding hydrogens is 316 g/mol. The molecule has 0 unspecified atom stereocenters. The summed E-state index contributed by atoms with van der Waals surface area (Å²) in [6.45, 7) is 3.93. The highest BCUT2D eigenvalue weighted by molar-refractivity contribution is 5.81. The predicted molar refractivity (Wildman–Crippen MR) is 85.7 cm³/mol. The quantitative estimate of drug-likeness (QED) is 0.777. The van der Waals surface area contributed by atoms with Crippen LogP contribution in [0.3, 0.4) is 0 Å². The van der Waals surface area contributed by atoms with Crippen molar-refractivity contribution in [2.45, 2.75) is 26.8 Å². The van der Waals surface area contributed by atoms with Gasteiger partial charge in [0.1, 0.15) is 11.6 Å². The topological polar surface area (TPSA) is 78.9 Å². The standard InChI is InChI=1S/C16H17F2N5O/c1-3-6-24-16-21-14(19)13-15(22-16)23(8-20-13)7-10-11(17)5-4-9(2)12(10)18/h4-5,8H,3,6-7H2,1-2H3,(H2,19,21,22). The summed E-state index contributed by atoms with van der Waals surface area (Å²) < 4.78 is 35.1. The van der Waals surface area contributed by atoms with Gasteiger partial charge in [-0.3, -0.25) is 0 Å². The average molecular weight is 333 g/mol. The van der Waals surface area contributed by atoms with Crippen LogP contribution in [0.25, 0.3) is 11.2 Å². The van der Waals surface area contributed by atoms with E-state index in [0.29, 0.717) is 23.3 Å². The number of anilines is 1. The van der Waals surface area contributed by atoms with Gasteiger partial charge in [0, 0.05) is 5.56 Å². The summed E-state index contributed by atoms with van der Waals surface area (Å²) in [5, 5.41) is 0. The van der Waals surface area contributed by atoms with Crippen LogP contribution in [0.4, 0.5) is 14.6 Å². The van der Waals surface area contributed by atoms with E-state index < -0.39 is 11.6 Å². The molecule has 24 heavy (non-hydrogen) atoms. The Hall–Kier alpha value is -2.77. The number of nitrogen functional groups attached to an aromatic ring is 1. The van der Waals surface area contributed by atoms with Crippen LogP contribution < -0.4 is 10.5 Å². The molecule has 2 heterocycles. The first-order valence-electron chi connectivity index (χ1n) is 7.56. The fourth-order valence-electron chi connectivity index (χ4n) is 2.35. The zero-order valence-corrected chi connectivity index (χ0v) is 13.4. The SMILES string of the molecule is CCCOc1nc(N)c2ncn(Cc3c(F)ccc(C)c3F)c2n1. The molecule has 0 bridgehead atoms. The molecule has 0 aliphatic rings. The van der Waals surface area contributed by atoms with E-state index in [0.717, 1.165) is 6.42 Å². The number of benzene rings is 1. The van der Waals surface area contributed by atoms with Gasteiger partial charge in [-0.1, -0.05) is 13.0 Å². The Morgan fingerprint density at radius 3 is 2.79 bits per heavy atom. The van der Waals surface area contributed by atoms with Crippen molar-refractivity contribution in [2.75, 3.05) is 12.3 Å². The van der Waals surface area contributed by atoms with Gasteiger partial charge in [-0.15, -0.1) is 0 Å². The van der Waals surface area contributed by atoms with Crippen molar-refractivity contribution in [3.05, 3.63) is 41.2 Å². The molecule has 3 rings (SSSR count). The van der Waals surface area contributed by atoms with Crippen LogP contribution in [0.1, 0.15) is 24.5 Å². The molecule has 0 saturated heterocycles. The van der Waals surface area contributed by atoms with Crippen LogP contribution in [0.5, 0.6) is 6.01 Å². The molecule has 8 heteroatoms. The maximum absolute atomic E-state index is 14.2. The minimum atomic E-state index is -0.621. The van der Waals surface area contributed by atoms with Gasteiger partial charge in [-0.2, -0.15) is 9.97 Å². The number of halogens is 2. The van der Waals surface area contributed by atoms with Crippen molar-refractivity contribution in [3.8, 4) is 6.01 Å². The lowest BCUT2D eigenvalue weighted by Crippen LogP contribution is -2.08. The lowest BCUT2D eigenvalue weighted by Gasteiger charge is -2.09. The summed E-state index contributed by atoms with van der Waals surface area (Å²) in [6.07, 6.45) is 2.22. The molecule has 0 saturated carbocycles. The van der Waals surface area contributed by atoms with Crippen LogP contribution in [0, 0.1) is 18.6 Å². The minimum absolute atomic E-state index is 0.0532. The first kappa shape index (κ1) is 16.1. The van der Waals surface area contributed by atoms with E-state index in [2.05, 4.69) is 15.0 Å². The zero-order valence-electron chi connectivity index (χ0n) is 13.4. The molecule has 1 aromatic carbocycles. The van der Waals surface area contributed by atoms with E-state index >= 15 is 0 Å². The molecule has 3 aromatic rings. The zero-order chi connectivity index (χ0) is 17.3. The van der Waals surface area contributed by atoms with Crippen LogP contribution >= 0.6 is 0 Å². The number of fused-ring (bicyclic) bond motifs is 1. The second-order valence-electron chi connectivity index (χ2n) is 5.44. The van der Waals surface area contributed by atoms with E-state index in [9.17, 15) is 8.78 Å². The number of hydrogen-bond donors (Lipinski definition) is 1. The van der Waals surface area contributed by atoms with Crippen molar-refractivity contribution < 1.29 is 13.5 Å². The van der Waals surface area contributed by atoms with Gasteiger partial charge in [0.2, 0.25) is 0 Å². The molecule has 2 aromatic heterocycles. The third-order valence-electron chi connectivity index (χ3n) is 3.61. The highest BCUT2D eigenvalue weighted by Gasteiger charge is 2.16. The van der Waals surface area contributed by atoms with Crippen LogP contribution in [-0.4, -0.2) is 26.1 Å². The number of aromatic nitrogens is 4. The van der Waals surface area contributed by atoms with Gasteiger partial charge >= 0.3 is 6.01 Å². The Labute approximate surface area is 137 Å². The average Bonchev–Trinajstić information content (AvgIpc) is 2.97. The summed E-state index contributed by atoms with van der Waals surface area (Å²) in [7, 11) is 0. The molecule has 0 fully saturated rings. The second kappa shape index (κ2) is 6.38. The third kappa shape index (κ3) is 2.86. The fraction of sp³-hybridized carbons (Fsp3) is 0.312. The van der Waals surface area contributed by atoms with Gasteiger partial charge < -0.3 is 15.0 Å². The first-order valence-corrected chi connectivity index (χ1v) is 7.56. The maximum atomic E-state index is 14.2. The smallest absolute Gasteiger partial charge is 0.320 e. The third-order valence-corrected chi connectivity index (χ3v) is 3.61. The van der Waals surface area contributed by atoms with Gasteiger partial charge in [-0.05, 0) is 25.0 Å². The summed E-state index contributed by atoms with van der Waals surface area (Å²) in [5.41, 5.74) is 6.92. The maximum Gasteiger partial charge on any atom is 0.320 e. The van der Waals surface area contributed by atoms with E-state index in [1.54, 1.807) is 6.92 Å². The lowest BCUT2D eigenvalue weighted by molar-refractivity contribution is 0.293. The first-order chi connectivity index (χ1) is 11.5. The predicted octanol–water partition coefficient (Wildman–Crippen LogP) is 2.83. The molecule has 0 radical (unpaired) electrons. The van der Waals surface area contributed by atoms with Crippen molar-refractivity contribution in [2.24, 2.45) is 0 Å². The van der Waals surface area contributed by atoms with Crippen LogP contribution in [0.2, 0.25) is 0 Å². The van der Waals surface area contributed by atoms with Gasteiger partial charge in [0.15, 0.2) is 17.0 Å². The van der Waals surface area contributed by atoms with Crippen molar-refractivity contribution in [3.63, 3.8) is 0 Å². The highest BCUT2D eigenvalue weighted by atomic mass is 19.1. The Balaban J connectivity index is 2.04. The normalized spacial score (nSPS) is 11.2. The molecule has 0 amide bonds. The Morgan fingerprint density at radius 2 is 2.04 bits per heavy atom. The number of hydrogen-bond acceptors (Lipinski definition) is 5. The molecule has 2 N–H and O–H groups in total. The Morgan fingerprint density at radius 1 is 1.25 bits per heavy atom. The lowest BCUT2D eigenvalue weighted by atomic mass is 10.1. The van der Waals surface area contributed by atoms with E-state index in [-0.39, 0.29) is 23.9 Å².